The number of allylic oxidation sites excluding steroid dienone is 20. The van der Waals surface area contributed by atoms with Crippen LogP contribution in [0.15, 0.2) is 122 Å². The molecular formula is C83H142O17P2. The number of aliphatic hydroxyl groups excluding tert-OH is 1. The van der Waals surface area contributed by atoms with Crippen LogP contribution in [0.4, 0.5) is 0 Å². The smallest absolute Gasteiger partial charge is 0.462 e. The molecule has 19 heteroatoms. The lowest BCUT2D eigenvalue weighted by molar-refractivity contribution is -0.161. The standard InChI is InChI=1S/C83H142O17P2/c1-5-9-13-17-21-25-29-33-35-37-38-40-42-46-48-52-56-60-64-68-81(86)94-74-79(100-83(88)70-66-62-58-54-50-44-32-28-24-20-16-12-8-4)76-98-102(91,92)96-72-77(84)71-95-101(89,90)97-75-78(99-82(87)69-65-61-57-53-49-43-31-27-23-19-15-11-7-3)73-93-80(85)67-63-59-55-51-47-45-41-39-36-34-30-26-22-18-14-10-6-2/h10,14-15,19,21-22,25-27,31,33-36,38,40-41,45,51,55,77-79,84H,5-9,11-13,16-18,20,23-24,28-30,32,37,39,42-44,46-50,52-54,56-76H2,1-4H3,(H,89,90)(H,91,92)/b14-10-,19-15-,25-21-,26-22-,31-27-,35-33-,36-34-,40-38-,45-41-,55-51-. The number of carbonyl (C=O) groups is 4. The minimum Gasteiger partial charge on any atom is -0.462 e. The monoisotopic (exact) mass is 1470 g/mol. The van der Waals surface area contributed by atoms with Gasteiger partial charge in [0.2, 0.25) is 0 Å². The molecule has 3 N–H and O–H groups in total. The zero-order chi connectivity index (χ0) is 74.6. The van der Waals surface area contributed by atoms with Crippen molar-refractivity contribution in [2.45, 2.75) is 341 Å². The highest BCUT2D eigenvalue weighted by molar-refractivity contribution is 7.47. The van der Waals surface area contributed by atoms with Crippen molar-refractivity contribution >= 4 is 39.5 Å². The van der Waals surface area contributed by atoms with Crippen LogP contribution in [0, 0.1) is 0 Å². The van der Waals surface area contributed by atoms with Gasteiger partial charge in [0.1, 0.15) is 19.3 Å². The Kier molecular flexibility index (Phi) is 71.4. The summed E-state index contributed by atoms with van der Waals surface area (Å²) >= 11 is 0. The van der Waals surface area contributed by atoms with Gasteiger partial charge in [0.15, 0.2) is 12.2 Å². The second-order valence-electron chi connectivity index (χ2n) is 26.3. The van der Waals surface area contributed by atoms with Crippen LogP contribution in [0.2, 0.25) is 0 Å². The second kappa shape index (κ2) is 74.7. The molecule has 0 aliphatic rings. The van der Waals surface area contributed by atoms with Gasteiger partial charge in [-0.05, 0) is 128 Å². The lowest BCUT2D eigenvalue weighted by Crippen LogP contribution is -2.30. The summed E-state index contributed by atoms with van der Waals surface area (Å²) in [5, 5.41) is 10.6. The van der Waals surface area contributed by atoms with Crippen LogP contribution < -0.4 is 0 Å². The molecule has 0 bridgehead atoms. The Labute approximate surface area is 619 Å². The summed E-state index contributed by atoms with van der Waals surface area (Å²) in [6.07, 6.45) is 81.8. The Bertz CT molecular complexity index is 2410. The third-order valence-electron chi connectivity index (χ3n) is 16.4. The third-order valence-corrected chi connectivity index (χ3v) is 18.3. The summed E-state index contributed by atoms with van der Waals surface area (Å²) in [6, 6.07) is 0. The topological polar surface area (TPSA) is 237 Å². The van der Waals surface area contributed by atoms with Crippen molar-refractivity contribution in [2.75, 3.05) is 39.6 Å². The molecule has 0 saturated carbocycles. The van der Waals surface area contributed by atoms with Crippen LogP contribution in [-0.4, -0.2) is 96.7 Å². The van der Waals surface area contributed by atoms with E-state index in [1.54, 1.807) is 0 Å². The van der Waals surface area contributed by atoms with Crippen molar-refractivity contribution in [2.24, 2.45) is 0 Å². The Morgan fingerprint density at radius 1 is 0.284 bits per heavy atom. The fourth-order valence-corrected chi connectivity index (χ4v) is 11.9. The quantitative estimate of drug-likeness (QED) is 0.0169. The first-order valence-electron chi connectivity index (χ1n) is 39.8. The van der Waals surface area contributed by atoms with Crippen LogP contribution in [0.3, 0.4) is 0 Å². The number of carbonyl (C=O) groups excluding carboxylic acids is 4. The molecule has 586 valence electrons. The number of phosphoric acid groups is 2. The molecule has 0 radical (unpaired) electrons. The highest BCUT2D eigenvalue weighted by Gasteiger charge is 2.30. The van der Waals surface area contributed by atoms with Gasteiger partial charge in [-0.1, -0.05) is 290 Å². The van der Waals surface area contributed by atoms with Gasteiger partial charge in [-0.2, -0.15) is 0 Å². The van der Waals surface area contributed by atoms with E-state index in [9.17, 15) is 43.2 Å². The predicted molar refractivity (Wildman–Crippen MR) is 418 cm³/mol. The predicted octanol–water partition coefficient (Wildman–Crippen LogP) is 23.1. The van der Waals surface area contributed by atoms with Crippen LogP contribution >= 0.6 is 15.6 Å². The molecular weight excluding hydrogens is 1330 g/mol. The maximum absolute atomic E-state index is 13.1. The number of hydrogen-bond acceptors (Lipinski definition) is 15. The number of esters is 4. The lowest BCUT2D eigenvalue weighted by Gasteiger charge is -2.21. The van der Waals surface area contributed by atoms with E-state index in [1.807, 2.05) is 12.2 Å². The van der Waals surface area contributed by atoms with E-state index in [-0.39, 0.29) is 25.7 Å². The molecule has 0 spiro atoms. The summed E-state index contributed by atoms with van der Waals surface area (Å²) in [5.41, 5.74) is 0. The summed E-state index contributed by atoms with van der Waals surface area (Å²) in [5.74, 6) is -2.26. The van der Waals surface area contributed by atoms with Crippen molar-refractivity contribution in [3.05, 3.63) is 122 Å². The van der Waals surface area contributed by atoms with Gasteiger partial charge >= 0.3 is 39.5 Å². The first-order valence-corrected chi connectivity index (χ1v) is 42.8. The number of unbranched alkanes of at least 4 members (excludes halogenated alkanes) is 28. The zero-order valence-electron chi connectivity index (χ0n) is 64.0. The molecule has 0 aliphatic carbocycles. The largest absolute Gasteiger partial charge is 0.472 e. The molecule has 0 heterocycles. The lowest BCUT2D eigenvalue weighted by atomic mass is 10.0. The highest BCUT2D eigenvalue weighted by atomic mass is 31.2. The normalized spacial score (nSPS) is 14.5. The van der Waals surface area contributed by atoms with E-state index >= 15 is 0 Å². The van der Waals surface area contributed by atoms with E-state index < -0.39 is 97.5 Å². The van der Waals surface area contributed by atoms with Gasteiger partial charge in [-0.3, -0.25) is 37.3 Å². The zero-order valence-corrected chi connectivity index (χ0v) is 65.8. The molecule has 0 aliphatic heterocycles. The molecule has 5 unspecified atom stereocenters. The summed E-state index contributed by atoms with van der Waals surface area (Å²) in [4.78, 5) is 72.9. The number of aliphatic hydroxyl groups is 1. The third kappa shape index (κ3) is 73.8. The Balaban J connectivity index is 5.38. The second-order valence-corrected chi connectivity index (χ2v) is 29.2. The Hall–Kier alpha value is -4.54. The Morgan fingerprint density at radius 3 is 0.882 bits per heavy atom. The summed E-state index contributed by atoms with van der Waals surface area (Å²) < 4.78 is 68.5. The van der Waals surface area contributed by atoms with Crippen LogP contribution in [0.1, 0.15) is 323 Å². The van der Waals surface area contributed by atoms with Crippen LogP contribution in [0.25, 0.3) is 0 Å². The fourth-order valence-electron chi connectivity index (χ4n) is 10.4. The van der Waals surface area contributed by atoms with Gasteiger partial charge < -0.3 is 33.8 Å². The van der Waals surface area contributed by atoms with Crippen molar-refractivity contribution in [3.8, 4) is 0 Å². The molecule has 0 fully saturated rings. The molecule has 0 saturated heterocycles. The van der Waals surface area contributed by atoms with Gasteiger partial charge in [-0.25, -0.2) is 9.13 Å². The number of phosphoric ester groups is 2. The summed E-state index contributed by atoms with van der Waals surface area (Å²) in [7, 11) is -9.98. The first kappa shape index (κ1) is 97.5. The maximum Gasteiger partial charge on any atom is 0.472 e. The SMILES string of the molecule is CC/C=C\C/C=C\C/C=C\C/C=C\C/C=C\CCCC(=O)OCC(COP(=O)(O)OCC(O)COP(=O)(O)OCC(COC(=O)CCCCCCCC/C=C\C/C=C\C/C=C\CCCCC)OC(=O)CCCCCCCCCCCCCCC)OC(=O)CCCCCCC/C=C\C/C=C\CCC. The fraction of sp³-hybridized carbons (Fsp3) is 0.711. The molecule has 17 nitrogen and oxygen atoms in total. The van der Waals surface area contributed by atoms with Crippen molar-refractivity contribution in [1.82, 2.24) is 0 Å². The number of rotatable bonds is 74. The van der Waals surface area contributed by atoms with Gasteiger partial charge in [-0.15, -0.1) is 0 Å². The highest BCUT2D eigenvalue weighted by Crippen LogP contribution is 2.45. The molecule has 102 heavy (non-hydrogen) atoms. The molecule has 0 amide bonds. The minimum atomic E-state index is -4.99. The van der Waals surface area contributed by atoms with E-state index in [0.717, 1.165) is 167 Å². The van der Waals surface area contributed by atoms with Crippen LogP contribution in [-0.2, 0) is 65.4 Å². The average molecular weight is 1470 g/mol. The van der Waals surface area contributed by atoms with E-state index in [0.29, 0.717) is 32.1 Å². The first-order chi connectivity index (χ1) is 49.7. The molecule has 0 aromatic carbocycles. The maximum atomic E-state index is 13.1. The minimum absolute atomic E-state index is 0.0645. The Morgan fingerprint density at radius 2 is 0.539 bits per heavy atom. The van der Waals surface area contributed by atoms with Gasteiger partial charge in [0.25, 0.3) is 0 Å². The van der Waals surface area contributed by atoms with Crippen molar-refractivity contribution in [1.29, 1.82) is 0 Å². The van der Waals surface area contributed by atoms with Crippen molar-refractivity contribution < 1.29 is 80.2 Å². The molecule has 0 rings (SSSR count). The number of ether oxygens (including phenoxy) is 4. The molecule has 0 aromatic heterocycles. The van der Waals surface area contributed by atoms with Gasteiger partial charge in [0.05, 0.1) is 26.4 Å². The molecule has 5 atom stereocenters. The van der Waals surface area contributed by atoms with E-state index in [4.69, 9.17) is 37.0 Å². The van der Waals surface area contributed by atoms with E-state index in [2.05, 4.69) is 137 Å². The van der Waals surface area contributed by atoms with Crippen molar-refractivity contribution in [3.63, 3.8) is 0 Å². The number of hydrogen-bond donors (Lipinski definition) is 3. The van der Waals surface area contributed by atoms with E-state index in [1.165, 1.54) is 70.6 Å². The van der Waals surface area contributed by atoms with Crippen LogP contribution in [0.5, 0.6) is 0 Å². The summed E-state index contributed by atoms with van der Waals surface area (Å²) in [6.45, 7) is 4.59. The molecule has 0 aromatic rings. The average Bonchev–Trinajstić information content (AvgIpc) is 0.907. The van der Waals surface area contributed by atoms with Gasteiger partial charge in [0, 0.05) is 25.7 Å².